The van der Waals surface area contributed by atoms with E-state index in [9.17, 15) is 29.7 Å². The van der Waals surface area contributed by atoms with Crippen molar-refractivity contribution in [3.63, 3.8) is 0 Å². The molecular weight excluding hydrogens is 364 g/mol. The second-order valence-corrected chi connectivity index (χ2v) is 2.97. The van der Waals surface area contributed by atoms with Gasteiger partial charge in [-0.1, -0.05) is 6.07 Å². The first kappa shape index (κ1) is 21.4. The van der Waals surface area contributed by atoms with Gasteiger partial charge in [-0.3, -0.25) is 0 Å². The van der Waals surface area contributed by atoms with Crippen molar-refractivity contribution in [1.29, 1.82) is 0 Å². The first-order chi connectivity index (χ1) is 8.40. The van der Waals surface area contributed by atoms with Crippen molar-refractivity contribution in [2.75, 3.05) is 0 Å². The van der Waals surface area contributed by atoms with E-state index in [1.54, 1.807) is 0 Å². The SMILES string of the molecule is O=C(OB([O-])[O-])c1cccc(C(=O)OB([O-])[O-])c1.[Co+2].[Co+2]. The number of rotatable bonds is 4. The molecule has 0 spiro atoms. The van der Waals surface area contributed by atoms with Gasteiger partial charge in [0.25, 0.3) is 0 Å². The van der Waals surface area contributed by atoms with Gasteiger partial charge < -0.3 is 29.4 Å². The van der Waals surface area contributed by atoms with Crippen LogP contribution in [0.4, 0.5) is 0 Å². The van der Waals surface area contributed by atoms with Crippen LogP contribution in [0, 0.1) is 0 Å². The normalized spacial score (nSPS) is 8.60. The van der Waals surface area contributed by atoms with E-state index in [2.05, 4.69) is 9.31 Å². The Labute approximate surface area is 134 Å². The van der Waals surface area contributed by atoms with Crippen molar-refractivity contribution in [3.05, 3.63) is 35.4 Å². The third kappa shape index (κ3) is 7.07. The van der Waals surface area contributed by atoms with Gasteiger partial charge in [0.15, 0.2) is 0 Å². The summed E-state index contributed by atoms with van der Waals surface area (Å²) in [5.41, 5.74) is -0.510. The van der Waals surface area contributed by atoms with Gasteiger partial charge in [0.2, 0.25) is 0 Å². The molecule has 0 aromatic heterocycles. The Morgan fingerprint density at radius 2 is 1.20 bits per heavy atom. The topological polar surface area (TPSA) is 145 Å². The van der Waals surface area contributed by atoms with Crippen LogP contribution in [0.25, 0.3) is 0 Å². The van der Waals surface area contributed by atoms with E-state index in [0.29, 0.717) is 0 Å². The fraction of sp³-hybridized carbons (Fsp3) is 0. The van der Waals surface area contributed by atoms with Crippen LogP contribution in [0.1, 0.15) is 20.7 Å². The van der Waals surface area contributed by atoms with Crippen LogP contribution in [0.5, 0.6) is 0 Å². The van der Waals surface area contributed by atoms with Crippen molar-refractivity contribution in [2.45, 2.75) is 0 Å². The first-order valence-corrected chi connectivity index (χ1v) is 4.55. The van der Waals surface area contributed by atoms with Crippen LogP contribution in [0.15, 0.2) is 24.3 Å². The van der Waals surface area contributed by atoms with Crippen molar-refractivity contribution < 1.29 is 72.6 Å². The molecule has 0 amide bonds. The van der Waals surface area contributed by atoms with Crippen molar-refractivity contribution in [2.24, 2.45) is 0 Å². The first-order valence-electron chi connectivity index (χ1n) is 4.55. The quantitative estimate of drug-likeness (QED) is 0.483. The number of hydrogen-bond donors (Lipinski definition) is 0. The molecule has 2 radical (unpaired) electrons. The summed E-state index contributed by atoms with van der Waals surface area (Å²) in [6, 6.07) is 4.50. The van der Waals surface area contributed by atoms with Gasteiger partial charge in [-0.15, -0.1) is 0 Å². The third-order valence-corrected chi connectivity index (χ3v) is 1.74. The number of carbonyl (C=O) groups excluding carboxylic acids is 2. The molecule has 1 rings (SSSR count). The number of benzene rings is 1. The van der Waals surface area contributed by atoms with Crippen LogP contribution >= 0.6 is 0 Å². The molecule has 0 N–H and O–H groups in total. The van der Waals surface area contributed by atoms with Gasteiger partial charge in [0.1, 0.15) is 14.6 Å². The van der Waals surface area contributed by atoms with Crippen LogP contribution < -0.4 is 20.1 Å². The molecule has 0 aliphatic carbocycles. The number of hydrogen-bond acceptors (Lipinski definition) is 8. The summed E-state index contributed by atoms with van der Waals surface area (Å²) < 4.78 is 7.65. The second kappa shape index (κ2) is 9.95. The molecule has 0 aliphatic heterocycles. The maximum atomic E-state index is 11.2. The van der Waals surface area contributed by atoms with E-state index < -0.39 is 26.6 Å². The standard InChI is InChI=1S/C8H4B2O8.2Co/c11-7(17-9(13)14)5-2-1-3-6(4-5)8(12)18-10(15)16;;/h1-4H;;/q-4;2*+2. The zero-order chi connectivity index (χ0) is 13.7. The Hall–Kier alpha value is -0.857. The fourth-order valence-corrected chi connectivity index (χ4v) is 1.08. The molecule has 0 heterocycles. The molecule has 0 bridgehead atoms. The van der Waals surface area contributed by atoms with E-state index >= 15 is 0 Å². The van der Waals surface area contributed by atoms with Crippen molar-refractivity contribution in [1.82, 2.24) is 0 Å². The summed E-state index contributed by atoms with van der Waals surface area (Å²) in [6.07, 6.45) is 0. The summed E-state index contributed by atoms with van der Waals surface area (Å²) in [4.78, 5) is 22.3. The summed E-state index contributed by atoms with van der Waals surface area (Å²) in [7, 11) is -5.58. The minimum atomic E-state index is -2.79. The monoisotopic (exact) mass is 368 g/mol. The molecule has 0 fully saturated rings. The Bertz CT molecular complexity index is 419. The summed E-state index contributed by atoms with van der Waals surface area (Å²) >= 11 is 0. The number of carbonyl (C=O) groups is 2. The average molecular weight is 368 g/mol. The van der Waals surface area contributed by atoms with Crippen LogP contribution in [0.2, 0.25) is 0 Å². The van der Waals surface area contributed by atoms with Crippen LogP contribution in [-0.4, -0.2) is 26.6 Å². The molecule has 0 atom stereocenters. The Morgan fingerprint density at radius 1 is 0.850 bits per heavy atom. The molecule has 0 aliphatic rings. The minimum absolute atomic E-state index is 0. The van der Waals surface area contributed by atoms with Gasteiger partial charge in [-0.2, -0.15) is 0 Å². The Balaban J connectivity index is 0. The molecule has 1 aromatic rings. The van der Waals surface area contributed by atoms with Gasteiger partial charge in [0.05, 0.1) is 11.1 Å². The van der Waals surface area contributed by atoms with Crippen LogP contribution in [0.3, 0.4) is 0 Å². The van der Waals surface area contributed by atoms with E-state index in [1.165, 1.54) is 18.2 Å². The van der Waals surface area contributed by atoms with Crippen molar-refractivity contribution >= 4 is 26.6 Å². The summed E-state index contributed by atoms with van der Waals surface area (Å²) in [6.45, 7) is 0. The average Bonchev–Trinajstić information content (AvgIpc) is 2.27. The maximum absolute atomic E-state index is 11.2. The molecular formula is C8H4B2Co2O8. The fourth-order valence-electron chi connectivity index (χ4n) is 1.08. The molecule has 20 heavy (non-hydrogen) atoms. The van der Waals surface area contributed by atoms with Gasteiger partial charge in [-0.05, 0) is 18.2 Å². The predicted octanol–water partition coefficient (Wildman–Crippen LogP) is -4.59. The van der Waals surface area contributed by atoms with E-state index in [0.717, 1.165) is 6.07 Å². The molecule has 0 unspecified atom stereocenters. The second-order valence-electron chi connectivity index (χ2n) is 2.97. The Morgan fingerprint density at radius 3 is 1.50 bits per heavy atom. The van der Waals surface area contributed by atoms with Crippen molar-refractivity contribution in [3.8, 4) is 0 Å². The summed E-state index contributed by atoms with van der Waals surface area (Å²) in [5.74, 6) is -2.44. The van der Waals surface area contributed by atoms with Gasteiger partial charge in [-0.25, -0.2) is 9.59 Å². The third-order valence-electron chi connectivity index (χ3n) is 1.74. The van der Waals surface area contributed by atoms with Gasteiger partial charge in [0, 0.05) is 0 Å². The largest absolute Gasteiger partial charge is 2.00 e. The van der Waals surface area contributed by atoms with E-state index in [-0.39, 0.29) is 44.7 Å². The maximum Gasteiger partial charge on any atom is 2.00 e. The molecule has 0 saturated heterocycles. The molecule has 108 valence electrons. The molecule has 12 heteroatoms. The summed E-state index contributed by atoms with van der Waals surface area (Å²) in [5, 5.41) is 40.4. The predicted molar refractivity (Wildman–Crippen MR) is 48.8 cm³/mol. The smallest absolute Gasteiger partial charge is 0.860 e. The zero-order valence-corrected chi connectivity index (χ0v) is 11.5. The zero-order valence-electron chi connectivity index (χ0n) is 9.40. The van der Waals surface area contributed by atoms with E-state index in [4.69, 9.17) is 0 Å². The molecule has 8 nitrogen and oxygen atoms in total. The minimum Gasteiger partial charge on any atom is -0.860 e. The van der Waals surface area contributed by atoms with Crippen LogP contribution in [-0.2, 0) is 42.9 Å². The van der Waals surface area contributed by atoms with Gasteiger partial charge >= 0.3 is 45.5 Å². The Kier molecular flexibility index (Phi) is 10.7. The van der Waals surface area contributed by atoms with E-state index in [1.807, 2.05) is 0 Å². The molecule has 1 aromatic carbocycles. The molecule has 0 saturated carbocycles.